The Labute approximate surface area is 76.5 Å². The topological polar surface area (TPSA) is 3.24 Å². The number of hydrogen-bond donors (Lipinski definition) is 1. The fourth-order valence-electron chi connectivity index (χ4n) is 1.19. The third-order valence-electron chi connectivity index (χ3n) is 1.97. The van der Waals surface area contributed by atoms with Crippen molar-refractivity contribution in [2.45, 2.75) is 18.8 Å². The minimum Gasteiger partial charge on any atom is -0.292 e. The number of halogens is 2. The fourth-order valence-corrected chi connectivity index (χ4v) is 1.26. The number of hydrogen-bond acceptors (Lipinski definition) is 2. The molecule has 0 aromatic heterocycles. The molecule has 0 saturated carbocycles. The Kier molecular flexibility index (Phi) is 3.36. The Balaban J connectivity index is 2.29. The molecular formula is C8H11F2NS. The summed E-state index contributed by atoms with van der Waals surface area (Å²) in [4.78, 5) is 1.92. The van der Waals surface area contributed by atoms with Crippen LogP contribution in [0.25, 0.3) is 0 Å². The van der Waals surface area contributed by atoms with Crippen molar-refractivity contribution in [2.75, 3.05) is 19.6 Å². The monoisotopic (exact) mass is 191 g/mol. The van der Waals surface area contributed by atoms with Gasteiger partial charge in [0.2, 0.25) is 0 Å². The molecule has 1 nitrogen and oxygen atoms in total. The second-order valence-electron chi connectivity index (χ2n) is 2.92. The first-order chi connectivity index (χ1) is 5.64. The third kappa shape index (κ3) is 3.00. The van der Waals surface area contributed by atoms with Crippen molar-refractivity contribution in [3.8, 4) is 11.2 Å². The molecule has 0 aliphatic carbocycles. The molecule has 0 radical (unpaired) electrons. The highest BCUT2D eigenvalue weighted by Gasteiger charge is 2.33. The summed E-state index contributed by atoms with van der Waals surface area (Å²) < 4.78 is 25.2. The maximum atomic E-state index is 12.6. The molecule has 1 fully saturated rings. The molecule has 4 heteroatoms. The predicted molar refractivity (Wildman–Crippen MR) is 47.4 cm³/mol. The summed E-state index contributed by atoms with van der Waals surface area (Å²) in [6.45, 7) is 1.44. The lowest BCUT2D eigenvalue weighted by Crippen LogP contribution is -2.39. The van der Waals surface area contributed by atoms with Gasteiger partial charge in [0.05, 0.1) is 6.54 Å². The fraction of sp³-hybridized carbons (Fsp3) is 0.750. The summed E-state index contributed by atoms with van der Waals surface area (Å²) in [6, 6.07) is 0. The minimum atomic E-state index is -2.45. The quantitative estimate of drug-likeness (QED) is 0.487. The lowest BCUT2D eigenvalue weighted by molar-refractivity contribution is -0.0527. The third-order valence-corrected chi connectivity index (χ3v) is 2.13. The van der Waals surface area contributed by atoms with Crippen LogP contribution in [0.5, 0.6) is 0 Å². The normalized spacial score (nSPS) is 22.9. The van der Waals surface area contributed by atoms with Crippen molar-refractivity contribution in [1.82, 2.24) is 4.90 Å². The summed E-state index contributed by atoms with van der Waals surface area (Å²) in [5.74, 6) is 0.287. The van der Waals surface area contributed by atoms with Gasteiger partial charge in [-0.25, -0.2) is 8.78 Å². The molecule has 12 heavy (non-hydrogen) atoms. The Bertz CT molecular complexity index is 197. The highest BCUT2D eigenvalue weighted by molar-refractivity contribution is 7.85. The van der Waals surface area contributed by atoms with Crippen molar-refractivity contribution >= 4 is 12.6 Å². The number of rotatable bonds is 1. The first kappa shape index (κ1) is 9.82. The zero-order valence-electron chi connectivity index (χ0n) is 6.69. The largest absolute Gasteiger partial charge is 0.292 e. The second kappa shape index (κ2) is 4.11. The van der Waals surface area contributed by atoms with Crippen molar-refractivity contribution < 1.29 is 8.78 Å². The Morgan fingerprint density at radius 3 is 2.42 bits per heavy atom. The van der Waals surface area contributed by atoms with E-state index in [1.54, 1.807) is 0 Å². The summed E-state index contributed by atoms with van der Waals surface area (Å²) in [5, 5.41) is 2.45. The molecule has 1 saturated heterocycles. The molecule has 1 heterocycles. The number of alkyl halides is 2. The van der Waals surface area contributed by atoms with E-state index >= 15 is 0 Å². The van der Waals surface area contributed by atoms with Gasteiger partial charge in [-0.1, -0.05) is 18.5 Å². The number of nitrogens with zero attached hydrogens (tertiary/aromatic N) is 1. The number of likely N-dealkylation sites (tertiary alicyclic amines) is 1. The summed E-state index contributed by atoms with van der Waals surface area (Å²) in [6.07, 6.45) is -0.0809. The van der Waals surface area contributed by atoms with E-state index in [2.05, 4.69) is 23.8 Å². The van der Waals surface area contributed by atoms with Crippen molar-refractivity contribution in [3.63, 3.8) is 0 Å². The molecule has 0 aromatic rings. The minimum absolute atomic E-state index is 0.0404. The van der Waals surface area contributed by atoms with Gasteiger partial charge in [-0.3, -0.25) is 4.90 Å². The van der Waals surface area contributed by atoms with Gasteiger partial charge in [0.1, 0.15) is 0 Å². The number of thiol groups is 1. The first-order valence-corrected chi connectivity index (χ1v) is 4.31. The summed E-state index contributed by atoms with van der Waals surface area (Å²) in [7, 11) is 0. The van der Waals surface area contributed by atoms with Crippen molar-refractivity contribution in [2.24, 2.45) is 0 Å². The molecule has 0 aromatic carbocycles. The van der Waals surface area contributed by atoms with Crippen LogP contribution in [0, 0.1) is 11.2 Å². The van der Waals surface area contributed by atoms with Crippen LogP contribution < -0.4 is 0 Å². The highest BCUT2D eigenvalue weighted by Crippen LogP contribution is 2.27. The van der Waals surface area contributed by atoms with Gasteiger partial charge in [-0.2, -0.15) is 0 Å². The molecule has 0 unspecified atom stereocenters. The van der Waals surface area contributed by atoms with Crippen LogP contribution in [0.2, 0.25) is 0 Å². The van der Waals surface area contributed by atoms with Gasteiger partial charge in [0.15, 0.2) is 0 Å². The first-order valence-electron chi connectivity index (χ1n) is 3.86. The van der Waals surface area contributed by atoms with E-state index in [0.29, 0.717) is 19.6 Å². The number of piperidine rings is 1. The zero-order valence-corrected chi connectivity index (χ0v) is 7.58. The Hall–Kier alpha value is -0.270. The van der Waals surface area contributed by atoms with E-state index in [1.165, 1.54) is 0 Å². The lowest BCUT2D eigenvalue weighted by atomic mass is 10.1. The predicted octanol–water partition coefficient (Wildman–Crippen LogP) is 1.61. The summed E-state index contributed by atoms with van der Waals surface area (Å²) in [5.41, 5.74) is 0. The molecule has 0 atom stereocenters. The van der Waals surface area contributed by atoms with Crippen LogP contribution in [0.1, 0.15) is 12.8 Å². The second-order valence-corrected chi connectivity index (χ2v) is 3.14. The summed E-state index contributed by atoms with van der Waals surface area (Å²) >= 11 is 3.72. The van der Waals surface area contributed by atoms with Gasteiger partial charge in [-0.05, 0) is 5.25 Å². The highest BCUT2D eigenvalue weighted by atomic mass is 32.1. The molecule has 0 amide bonds. The SMILES string of the molecule is FC1(F)CCN(CC#CS)CC1. The van der Waals surface area contributed by atoms with E-state index in [-0.39, 0.29) is 12.8 Å². The maximum absolute atomic E-state index is 12.6. The van der Waals surface area contributed by atoms with Gasteiger partial charge < -0.3 is 0 Å². The Morgan fingerprint density at radius 1 is 1.33 bits per heavy atom. The van der Waals surface area contributed by atoms with Crippen LogP contribution in [0.3, 0.4) is 0 Å². The molecule has 0 spiro atoms. The molecule has 68 valence electrons. The molecule has 1 aliphatic heterocycles. The van der Waals surface area contributed by atoms with Gasteiger partial charge in [0, 0.05) is 25.9 Å². The van der Waals surface area contributed by atoms with Gasteiger partial charge in [-0.15, -0.1) is 0 Å². The van der Waals surface area contributed by atoms with E-state index in [1.807, 2.05) is 4.90 Å². The van der Waals surface area contributed by atoms with Crippen LogP contribution >= 0.6 is 12.6 Å². The smallest absolute Gasteiger partial charge is 0.250 e. The van der Waals surface area contributed by atoms with E-state index in [9.17, 15) is 8.78 Å². The van der Waals surface area contributed by atoms with Crippen LogP contribution in [0.15, 0.2) is 0 Å². The zero-order chi connectivity index (χ0) is 9.03. The van der Waals surface area contributed by atoms with Crippen molar-refractivity contribution in [3.05, 3.63) is 0 Å². The van der Waals surface area contributed by atoms with Crippen LogP contribution in [-0.4, -0.2) is 30.5 Å². The van der Waals surface area contributed by atoms with E-state index < -0.39 is 5.92 Å². The van der Waals surface area contributed by atoms with Gasteiger partial charge in [0.25, 0.3) is 5.92 Å². The molecule has 1 rings (SSSR count). The van der Waals surface area contributed by atoms with Crippen LogP contribution in [0.4, 0.5) is 8.78 Å². The van der Waals surface area contributed by atoms with Gasteiger partial charge >= 0.3 is 0 Å². The maximum Gasteiger partial charge on any atom is 0.250 e. The molecule has 1 aliphatic rings. The van der Waals surface area contributed by atoms with E-state index in [0.717, 1.165) is 0 Å². The standard InChI is InChI=1S/C8H11F2NS/c9-8(10)2-5-11(6-3-8)4-1-7-12/h12H,2-6H2. The molecule has 0 N–H and O–H groups in total. The van der Waals surface area contributed by atoms with Crippen molar-refractivity contribution in [1.29, 1.82) is 0 Å². The lowest BCUT2D eigenvalue weighted by Gasteiger charge is -2.30. The average molecular weight is 191 g/mol. The Morgan fingerprint density at radius 2 is 1.92 bits per heavy atom. The molecular weight excluding hydrogens is 180 g/mol. The van der Waals surface area contributed by atoms with Crippen LogP contribution in [-0.2, 0) is 0 Å². The molecule has 0 bridgehead atoms. The average Bonchev–Trinajstić information content (AvgIpc) is 2.03. The van der Waals surface area contributed by atoms with E-state index in [4.69, 9.17) is 0 Å².